The topological polar surface area (TPSA) is 46.5 Å². The van der Waals surface area contributed by atoms with Crippen LogP contribution in [0.2, 0.25) is 0 Å². The molecule has 0 saturated heterocycles. The van der Waals surface area contributed by atoms with Crippen LogP contribution < -0.4 is 0 Å². The SMILES string of the molecule is c1ccc(-c2cnn(-c3ccn[nH]3)c2)cc1. The van der Waals surface area contributed by atoms with Gasteiger partial charge in [0.15, 0.2) is 0 Å². The average molecular weight is 210 g/mol. The normalized spacial score (nSPS) is 10.5. The molecule has 0 radical (unpaired) electrons. The van der Waals surface area contributed by atoms with E-state index in [4.69, 9.17) is 0 Å². The Morgan fingerprint density at radius 1 is 1.00 bits per heavy atom. The van der Waals surface area contributed by atoms with Crippen LogP contribution in [0.1, 0.15) is 0 Å². The van der Waals surface area contributed by atoms with Crippen LogP contribution in [0.5, 0.6) is 0 Å². The van der Waals surface area contributed by atoms with E-state index in [0.29, 0.717) is 0 Å². The molecule has 0 amide bonds. The minimum Gasteiger partial charge on any atom is -0.261 e. The Morgan fingerprint density at radius 2 is 1.88 bits per heavy atom. The van der Waals surface area contributed by atoms with E-state index in [1.54, 1.807) is 10.9 Å². The van der Waals surface area contributed by atoms with Gasteiger partial charge in [-0.25, -0.2) is 4.68 Å². The minimum absolute atomic E-state index is 0.863. The monoisotopic (exact) mass is 210 g/mol. The van der Waals surface area contributed by atoms with Gasteiger partial charge < -0.3 is 0 Å². The Labute approximate surface area is 92.6 Å². The van der Waals surface area contributed by atoms with E-state index in [1.807, 2.05) is 36.7 Å². The molecule has 4 heteroatoms. The molecule has 0 spiro atoms. The lowest BCUT2D eigenvalue weighted by molar-refractivity contribution is 0.836. The molecule has 1 aromatic carbocycles. The van der Waals surface area contributed by atoms with E-state index in [-0.39, 0.29) is 0 Å². The molecule has 3 aromatic rings. The van der Waals surface area contributed by atoms with Gasteiger partial charge in [0.05, 0.1) is 12.4 Å². The zero-order valence-corrected chi connectivity index (χ0v) is 8.54. The number of hydrogen-bond donors (Lipinski definition) is 1. The second-order valence-corrected chi connectivity index (χ2v) is 3.48. The van der Waals surface area contributed by atoms with Crippen molar-refractivity contribution in [1.29, 1.82) is 0 Å². The zero-order valence-electron chi connectivity index (χ0n) is 8.54. The van der Waals surface area contributed by atoms with Gasteiger partial charge in [0.25, 0.3) is 0 Å². The van der Waals surface area contributed by atoms with Gasteiger partial charge in [-0.2, -0.15) is 10.2 Å². The Morgan fingerprint density at radius 3 is 2.62 bits per heavy atom. The molecule has 0 fully saturated rings. The lowest BCUT2D eigenvalue weighted by Crippen LogP contribution is -1.93. The molecule has 0 aliphatic heterocycles. The number of benzene rings is 1. The minimum atomic E-state index is 0.863. The van der Waals surface area contributed by atoms with E-state index in [9.17, 15) is 0 Å². The molecule has 78 valence electrons. The largest absolute Gasteiger partial charge is 0.261 e. The summed E-state index contributed by atoms with van der Waals surface area (Å²) in [7, 11) is 0. The van der Waals surface area contributed by atoms with Gasteiger partial charge in [0, 0.05) is 17.8 Å². The molecule has 0 bridgehead atoms. The van der Waals surface area contributed by atoms with Crippen LogP contribution in [0, 0.1) is 0 Å². The fraction of sp³-hybridized carbons (Fsp3) is 0. The Balaban J connectivity index is 2.00. The summed E-state index contributed by atoms with van der Waals surface area (Å²) in [6.07, 6.45) is 5.53. The van der Waals surface area contributed by atoms with Crippen molar-refractivity contribution in [3.05, 3.63) is 55.0 Å². The third-order valence-electron chi connectivity index (χ3n) is 2.42. The van der Waals surface area contributed by atoms with E-state index >= 15 is 0 Å². The highest BCUT2D eigenvalue weighted by Gasteiger charge is 2.02. The summed E-state index contributed by atoms with van der Waals surface area (Å²) in [5, 5.41) is 11.0. The standard InChI is InChI=1S/C12H10N4/c1-2-4-10(5-3-1)11-8-14-16(9-11)12-6-7-13-15-12/h1-9H,(H,13,15). The summed E-state index contributed by atoms with van der Waals surface area (Å²) in [6.45, 7) is 0. The van der Waals surface area contributed by atoms with Crippen molar-refractivity contribution < 1.29 is 0 Å². The fourth-order valence-corrected chi connectivity index (χ4v) is 1.61. The molecule has 2 heterocycles. The van der Waals surface area contributed by atoms with Crippen LogP contribution in [0.3, 0.4) is 0 Å². The molecule has 4 nitrogen and oxygen atoms in total. The number of aromatic amines is 1. The molecular formula is C12H10N4. The number of aromatic nitrogens is 4. The summed E-state index contributed by atoms with van der Waals surface area (Å²) in [4.78, 5) is 0. The Bertz CT molecular complexity index is 566. The van der Waals surface area contributed by atoms with Gasteiger partial charge in [-0.3, -0.25) is 5.10 Å². The number of rotatable bonds is 2. The van der Waals surface area contributed by atoms with Crippen molar-refractivity contribution in [1.82, 2.24) is 20.0 Å². The quantitative estimate of drug-likeness (QED) is 0.705. The highest BCUT2D eigenvalue weighted by Crippen LogP contribution is 2.18. The predicted molar refractivity (Wildman–Crippen MR) is 61.1 cm³/mol. The third-order valence-corrected chi connectivity index (χ3v) is 2.42. The number of nitrogens with one attached hydrogen (secondary N) is 1. The first-order valence-corrected chi connectivity index (χ1v) is 5.03. The van der Waals surface area contributed by atoms with Gasteiger partial charge in [0.1, 0.15) is 5.82 Å². The smallest absolute Gasteiger partial charge is 0.149 e. The van der Waals surface area contributed by atoms with Crippen LogP contribution in [0.15, 0.2) is 55.0 Å². The van der Waals surface area contributed by atoms with Gasteiger partial charge in [-0.1, -0.05) is 30.3 Å². The van der Waals surface area contributed by atoms with E-state index < -0.39 is 0 Å². The number of hydrogen-bond acceptors (Lipinski definition) is 2. The summed E-state index contributed by atoms with van der Waals surface area (Å²) in [6, 6.07) is 12.0. The second kappa shape index (κ2) is 3.66. The summed E-state index contributed by atoms with van der Waals surface area (Å²) in [5.41, 5.74) is 2.25. The number of nitrogens with zero attached hydrogens (tertiary/aromatic N) is 3. The fourth-order valence-electron chi connectivity index (χ4n) is 1.61. The van der Waals surface area contributed by atoms with Gasteiger partial charge >= 0.3 is 0 Å². The molecular weight excluding hydrogens is 200 g/mol. The van der Waals surface area contributed by atoms with Crippen molar-refractivity contribution >= 4 is 0 Å². The van der Waals surface area contributed by atoms with Crippen molar-refractivity contribution in [2.75, 3.05) is 0 Å². The lowest BCUT2D eigenvalue weighted by atomic mass is 10.1. The van der Waals surface area contributed by atoms with Crippen molar-refractivity contribution in [3.8, 4) is 16.9 Å². The van der Waals surface area contributed by atoms with Gasteiger partial charge in [0.2, 0.25) is 0 Å². The van der Waals surface area contributed by atoms with Crippen molar-refractivity contribution in [3.63, 3.8) is 0 Å². The second-order valence-electron chi connectivity index (χ2n) is 3.48. The van der Waals surface area contributed by atoms with Crippen LogP contribution in [-0.2, 0) is 0 Å². The molecule has 16 heavy (non-hydrogen) atoms. The summed E-state index contributed by atoms with van der Waals surface area (Å²) in [5.74, 6) is 0.863. The predicted octanol–water partition coefficient (Wildman–Crippen LogP) is 2.26. The Kier molecular flexibility index (Phi) is 2.04. The molecule has 0 aliphatic rings. The number of H-pyrrole nitrogens is 1. The first-order chi connectivity index (χ1) is 7.93. The molecule has 0 atom stereocenters. The maximum absolute atomic E-state index is 4.28. The maximum Gasteiger partial charge on any atom is 0.149 e. The molecule has 2 aromatic heterocycles. The van der Waals surface area contributed by atoms with E-state index in [0.717, 1.165) is 16.9 Å². The zero-order chi connectivity index (χ0) is 10.8. The van der Waals surface area contributed by atoms with E-state index in [1.165, 1.54) is 0 Å². The first-order valence-electron chi connectivity index (χ1n) is 5.03. The molecule has 0 saturated carbocycles. The molecule has 3 rings (SSSR count). The van der Waals surface area contributed by atoms with Crippen LogP contribution in [-0.4, -0.2) is 20.0 Å². The van der Waals surface area contributed by atoms with Crippen molar-refractivity contribution in [2.45, 2.75) is 0 Å². The Hall–Kier alpha value is -2.36. The van der Waals surface area contributed by atoms with Crippen LogP contribution >= 0.6 is 0 Å². The summed E-state index contributed by atoms with van der Waals surface area (Å²) >= 11 is 0. The first kappa shape index (κ1) is 8.91. The van der Waals surface area contributed by atoms with Gasteiger partial charge in [-0.05, 0) is 5.56 Å². The molecule has 0 aliphatic carbocycles. The molecule has 0 unspecified atom stereocenters. The van der Waals surface area contributed by atoms with E-state index in [2.05, 4.69) is 27.4 Å². The maximum atomic E-state index is 4.28. The van der Waals surface area contributed by atoms with Gasteiger partial charge in [-0.15, -0.1) is 0 Å². The molecule has 1 N–H and O–H groups in total. The summed E-state index contributed by atoms with van der Waals surface area (Å²) < 4.78 is 1.77. The highest BCUT2D eigenvalue weighted by atomic mass is 15.3. The third kappa shape index (κ3) is 1.50. The average Bonchev–Trinajstić information content (AvgIpc) is 3.01. The highest BCUT2D eigenvalue weighted by molar-refractivity contribution is 5.61. The van der Waals surface area contributed by atoms with Crippen LogP contribution in [0.25, 0.3) is 16.9 Å². The lowest BCUT2D eigenvalue weighted by Gasteiger charge is -1.95. The van der Waals surface area contributed by atoms with Crippen LogP contribution in [0.4, 0.5) is 0 Å². The van der Waals surface area contributed by atoms with Crippen molar-refractivity contribution in [2.24, 2.45) is 0 Å².